The Balaban J connectivity index is 2.11. The van der Waals surface area contributed by atoms with Crippen LogP contribution < -0.4 is 5.32 Å². The molecule has 86 valence electrons. The summed E-state index contributed by atoms with van der Waals surface area (Å²) in [6, 6.07) is 0.557. The Labute approximate surface area is 92.2 Å². The van der Waals surface area contributed by atoms with Crippen LogP contribution >= 0.6 is 0 Å². The van der Waals surface area contributed by atoms with Crippen molar-refractivity contribution in [1.29, 1.82) is 0 Å². The van der Waals surface area contributed by atoms with Crippen LogP contribution in [-0.2, 0) is 4.79 Å². The van der Waals surface area contributed by atoms with Gasteiger partial charge in [-0.1, -0.05) is 27.7 Å². The average Bonchev–Trinajstić information content (AvgIpc) is 2.77. The second-order valence-corrected chi connectivity index (χ2v) is 5.34. The van der Waals surface area contributed by atoms with Gasteiger partial charge in [0.05, 0.1) is 12.2 Å². The molecule has 15 heavy (non-hydrogen) atoms. The maximum absolute atomic E-state index is 12.2. The number of carbonyl (C=O) groups is 1. The third kappa shape index (κ3) is 1.78. The van der Waals surface area contributed by atoms with Crippen LogP contribution in [0.5, 0.6) is 0 Å². The smallest absolute Gasteiger partial charge is 0.241 e. The predicted octanol–water partition coefficient (Wildman–Crippen LogP) is 1.59. The van der Waals surface area contributed by atoms with Crippen molar-refractivity contribution >= 4 is 5.91 Å². The highest BCUT2D eigenvalue weighted by molar-refractivity contribution is 5.85. The quantitative estimate of drug-likeness (QED) is 0.767. The maximum Gasteiger partial charge on any atom is 0.241 e. The van der Waals surface area contributed by atoms with E-state index in [0.717, 1.165) is 6.42 Å². The van der Waals surface area contributed by atoms with Gasteiger partial charge in [-0.25, -0.2) is 0 Å². The molecule has 1 saturated heterocycles. The average molecular weight is 210 g/mol. The first kappa shape index (κ1) is 10.9. The Morgan fingerprint density at radius 3 is 2.53 bits per heavy atom. The largest absolute Gasteiger partial charge is 0.323 e. The van der Waals surface area contributed by atoms with Crippen LogP contribution in [0.1, 0.15) is 40.5 Å². The summed E-state index contributed by atoms with van der Waals surface area (Å²) in [5.41, 5.74) is 0. The van der Waals surface area contributed by atoms with Crippen molar-refractivity contribution < 1.29 is 4.79 Å². The van der Waals surface area contributed by atoms with Crippen molar-refractivity contribution in [2.24, 2.45) is 11.8 Å². The third-order valence-corrected chi connectivity index (χ3v) is 3.71. The zero-order chi connectivity index (χ0) is 11.2. The summed E-state index contributed by atoms with van der Waals surface area (Å²) in [5.74, 6) is 1.42. The number of nitrogens with zero attached hydrogens (tertiary/aromatic N) is 1. The van der Waals surface area contributed by atoms with E-state index in [-0.39, 0.29) is 12.2 Å². The third-order valence-electron chi connectivity index (χ3n) is 3.71. The van der Waals surface area contributed by atoms with Gasteiger partial charge < -0.3 is 4.90 Å². The number of rotatable bonds is 3. The van der Waals surface area contributed by atoms with Gasteiger partial charge in [-0.3, -0.25) is 10.1 Å². The Bertz CT molecular complexity index is 264. The molecule has 0 bridgehead atoms. The fourth-order valence-electron chi connectivity index (χ4n) is 2.55. The Hall–Kier alpha value is -0.570. The lowest BCUT2D eigenvalue weighted by atomic mass is 10.1. The van der Waals surface area contributed by atoms with E-state index in [1.54, 1.807) is 0 Å². The van der Waals surface area contributed by atoms with Crippen molar-refractivity contribution in [3.63, 3.8) is 0 Å². The van der Waals surface area contributed by atoms with Gasteiger partial charge in [0, 0.05) is 6.04 Å². The molecule has 0 aromatic rings. The van der Waals surface area contributed by atoms with E-state index in [1.807, 2.05) is 0 Å². The minimum absolute atomic E-state index is 0.0442. The zero-order valence-corrected chi connectivity index (χ0v) is 10.2. The summed E-state index contributed by atoms with van der Waals surface area (Å²) in [5, 5.41) is 3.46. The van der Waals surface area contributed by atoms with E-state index in [1.165, 1.54) is 6.42 Å². The zero-order valence-electron chi connectivity index (χ0n) is 10.2. The van der Waals surface area contributed by atoms with Crippen LogP contribution in [-0.4, -0.2) is 29.1 Å². The molecule has 3 heteroatoms. The molecule has 0 aromatic heterocycles. The molecule has 1 heterocycles. The summed E-state index contributed by atoms with van der Waals surface area (Å²) in [6.45, 7) is 8.60. The number of hydrogen-bond acceptors (Lipinski definition) is 2. The van der Waals surface area contributed by atoms with E-state index in [0.29, 0.717) is 23.8 Å². The van der Waals surface area contributed by atoms with Crippen LogP contribution in [0.2, 0.25) is 0 Å². The van der Waals surface area contributed by atoms with Gasteiger partial charge in [-0.05, 0) is 24.7 Å². The second-order valence-electron chi connectivity index (χ2n) is 5.34. The molecule has 3 nitrogen and oxygen atoms in total. The van der Waals surface area contributed by atoms with Crippen molar-refractivity contribution in [3.8, 4) is 0 Å². The van der Waals surface area contributed by atoms with Gasteiger partial charge in [0.25, 0.3) is 0 Å². The molecule has 0 spiro atoms. The first-order valence-corrected chi connectivity index (χ1v) is 6.14. The second kappa shape index (κ2) is 3.78. The molecule has 0 aromatic carbocycles. The molecule has 4 atom stereocenters. The van der Waals surface area contributed by atoms with Gasteiger partial charge >= 0.3 is 0 Å². The summed E-state index contributed by atoms with van der Waals surface area (Å²) in [4.78, 5) is 14.3. The van der Waals surface area contributed by atoms with Gasteiger partial charge in [0.1, 0.15) is 0 Å². The van der Waals surface area contributed by atoms with Gasteiger partial charge in [-0.15, -0.1) is 0 Å². The number of nitrogens with one attached hydrogen (secondary N) is 1. The first-order valence-electron chi connectivity index (χ1n) is 6.14. The summed E-state index contributed by atoms with van der Waals surface area (Å²) in [7, 11) is 0. The van der Waals surface area contributed by atoms with Crippen molar-refractivity contribution in [2.45, 2.75) is 58.8 Å². The number of hydrogen-bond donors (Lipinski definition) is 1. The molecule has 4 unspecified atom stereocenters. The Kier molecular flexibility index (Phi) is 2.75. The molecule has 1 aliphatic heterocycles. The topological polar surface area (TPSA) is 32.3 Å². The fraction of sp³-hybridized carbons (Fsp3) is 0.917. The minimum atomic E-state index is 0.0442. The molecule has 2 fully saturated rings. The molecule has 1 aliphatic carbocycles. The van der Waals surface area contributed by atoms with Crippen LogP contribution in [0.25, 0.3) is 0 Å². The predicted molar refractivity (Wildman–Crippen MR) is 60.3 cm³/mol. The van der Waals surface area contributed by atoms with Gasteiger partial charge in [0.2, 0.25) is 5.91 Å². The maximum atomic E-state index is 12.2. The van der Waals surface area contributed by atoms with E-state index >= 15 is 0 Å². The van der Waals surface area contributed by atoms with Gasteiger partial charge in [0.15, 0.2) is 0 Å². The molecule has 1 amide bonds. The standard InChI is InChI=1S/C12H22N2O/c1-5-10-13-11(7(2)3)12(15)14(10)9-6-8(9)4/h7-11,13H,5-6H2,1-4H3. The van der Waals surface area contributed by atoms with Crippen molar-refractivity contribution in [1.82, 2.24) is 10.2 Å². The normalized spacial score (nSPS) is 40.3. The molecule has 1 N–H and O–H groups in total. The molecular formula is C12H22N2O. The lowest BCUT2D eigenvalue weighted by Crippen LogP contribution is -2.39. The summed E-state index contributed by atoms with van der Waals surface area (Å²) >= 11 is 0. The molecule has 2 aliphatic rings. The highest BCUT2D eigenvalue weighted by Gasteiger charge is 2.49. The monoisotopic (exact) mass is 210 g/mol. The lowest BCUT2D eigenvalue weighted by molar-refractivity contribution is -0.131. The molecule has 2 rings (SSSR count). The van der Waals surface area contributed by atoms with Crippen LogP contribution in [0, 0.1) is 11.8 Å². The molecule has 1 saturated carbocycles. The highest BCUT2D eigenvalue weighted by Crippen LogP contribution is 2.39. The van der Waals surface area contributed by atoms with E-state index in [4.69, 9.17) is 0 Å². The summed E-state index contributed by atoms with van der Waals surface area (Å²) in [6.07, 6.45) is 2.48. The van der Waals surface area contributed by atoms with Crippen LogP contribution in [0.15, 0.2) is 0 Å². The van der Waals surface area contributed by atoms with Crippen LogP contribution in [0.4, 0.5) is 0 Å². The number of amides is 1. The highest BCUT2D eigenvalue weighted by atomic mass is 16.2. The SMILES string of the molecule is CCC1NC(C(C)C)C(=O)N1C1CC1C. The Morgan fingerprint density at radius 2 is 2.13 bits per heavy atom. The van der Waals surface area contributed by atoms with Crippen LogP contribution in [0.3, 0.4) is 0 Å². The minimum Gasteiger partial charge on any atom is -0.323 e. The van der Waals surface area contributed by atoms with Crippen molar-refractivity contribution in [3.05, 3.63) is 0 Å². The van der Waals surface area contributed by atoms with Gasteiger partial charge in [-0.2, -0.15) is 0 Å². The Morgan fingerprint density at radius 1 is 1.53 bits per heavy atom. The first-order chi connectivity index (χ1) is 7.06. The number of carbonyl (C=O) groups excluding carboxylic acids is 1. The van der Waals surface area contributed by atoms with E-state index in [9.17, 15) is 4.79 Å². The van der Waals surface area contributed by atoms with Crippen molar-refractivity contribution in [2.75, 3.05) is 0 Å². The van der Waals surface area contributed by atoms with E-state index < -0.39 is 0 Å². The fourth-order valence-corrected chi connectivity index (χ4v) is 2.55. The van der Waals surface area contributed by atoms with E-state index in [2.05, 4.69) is 37.9 Å². The molecule has 0 radical (unpaired) electrons. The summed E-state index contributed by atoms with van der Waals surface area (Å²) < 4.78 is 0. The lowest BCUT2D eigenvalue weighted by Gasteiger charge is -2.23. The molecular weight excluding hydrogens is 188 g/mol.